The van der Waals surface area contributed by atoms with Crippen molar-refractivity contribution in [3.63, 3.8) is 0 Å². The predicted octanol–water partition coefficient (Wildman–Crippen LogP) is 4.09. The van der Waals surface area contributed by atoms with E-state index < -0.39 is 0 Å². The van der Waals surface area contributed by atoms with Crippen LogP contribution in [0.25, 0.3) is 11.3 Å². The highest BCUT2D eigenvalue weighted by atomic mass is 16.5. The van der Waals surface area contributed by atoms with Crippen molar-refractivity contribution in [2.24, 2.45) is 10.8 Å². The molecule has 0 unspecified atom stereocenters. The lowest BCUT2D eigenvalue weighted by Gasteiger charge is -2.39. The van der Waals surface area contributed by atoms with Crippen LogP contribution in [0, 0.1) is 10.8 Å². The lowest BCUT2D eigenvalue weighted by atomic mass is 9.65. The molecule has 1 saturated carbocycles. The van der Waals surface area contributed by atoms with Crippen LogP contribution in [0.4, 0.5) is 0 Å². The molecule has 2 aromatic rings. The van der Waals surface area contributed by atoms with Crippen LogP contribution in [0.15, 0.2) is 34.9 Å². The minimum atomic E-state index is -0.0724. The number of carbonyl (C=O) groups excluding carboxylic acids is 1. The zero-order chi connectivity index (χ0) is 17.8. The van der Waals surface area contributed by atoms with E-state index in [0.717, 1.165) is 25.8 Å². The maximum atomic E-state index is 13.0. The fraction of sp³-hybridized carbons (Fsp3) is 0.500. The Balaban J connectivity index is 1.60. The molecule has 1 aliphatic carbocycles. The van der Waals surface area contributed by atoms with Crippen molar-refractivity contribution in [2.75, 3.05) is 6.54 Å². The van der Waals surface area contributed by atoms with Crippen LogP contribution >= 0.6 is 0 Å². The number of rotatable bonds is 2. The molecule has 1 aliphatic heterocycles. The van der Waals surface area contributed by atoms with Crippen LogP contribution in [0.1, 0.15) is 50.5 Å². The van der Waals surface area contributed by atoms with Crippen molar-refractivity contribution in [3.05, 3.63) is 36.0 Å². The first-order chi connectivity index (χ1) is 11.8. The van der Waals surface area contributed by atoms with Crippen LogP contribution in [-0.2, 0) is 0 Å². The molecule has 2 atom stereocenters. The van der Waals surface area contributed by atoms with Crippen molar-refractivity contribution in [3.8, 4) is 17.1 Å². The molecule has 1 saturated heterocycles. The van der Waals surface area contributed by atoms with Crippen molar-refractivity contribution >= 4 is 5.91 Å². The first-order valence-corrected chi connectivity index (χ1v) is 8.83. The first kappa shape index (κ1) is 16.2. The number of para-hydroxylation sites is 1. The van der Waals surface area contributed by atoms with Gasteiger partial charge in [0.25, 0.3) is 5.91 Å². The summed E-state index contributed by atoms with van der Waals surface area (Å²) in [6, 6.07) is 8.79. The van der Waals surface area contributed by atoms with Gasteiger partial charge in [0.15, 0.2) is 11.5 Å². The van der Waals surface area contributed by atoms with Gasteiger partial charge in [-0.2, -0.15) is 0 Å². The quantitative estimate of drug-likeness (QED) is 0.894. The van der Waals surface area contributed by atoms with Gasteiger partial charge in [0.05, 0.1) is 5.56 Å². The molecule has 0 radical (unpaired) electrons. The van der Waals surface area contributed by atoms with Gasteiger partial charge in [-0.25, -0.2) is 0 Å². The number of carbonyl (C=O) groups is 1. The summed E-state index contributed by atoms with van der Waals surface area (Å²) in [5.74, 6) is 0.455. The number of benzene rings is 1. The molecule has 25 heavy (non-hydrogen) atoms. The average molecular weight is 340 g/mol. The number of amides is 1. The fourth-order valence-corrected chi connectivity index (χ4v) is 5.03. The standard InChI is InChI=1S/C20H24N2O3/c1-19(2)9-13-10-20(3,11-19)12-22(13)18(24)15-8-17(25-21-15)14-6-4-5-7-16(14)23/h4-8,13,23H,9-12H2,1-3H3/t13-,20-/m1/s1. The van der Waals surface area contributed by atoms with Gasteiger partial charge in [0, 0.05) is 18.7 Å². The summed E-state index contributed by atoms with van der Waals surface area (Å²) in [5.41, 5.74) is 1.30. The third-order valence-corrected chi connectivity index (χ3v) is 5.57. The largest absolute Gasteiger partial charge is 0.507 e. The van der Waals surface area contributed by atoms with Gasteiger partial charge in [-0.1, -0.05) is 38.1 Å². The second-order valence-corrected chi connectivity index (χ2v) is 8.74. The van der Waals surface area contributed by atoms with Crippen LogP contribution < -0.4 is 0 Å². The molecule has 2 aliphatic rings. The van der Waals surface area contributed by atoms with E-state index >= 15 is 0 Å². The highest BCUT2D eigenvalue weighted by Gasteiger charge is 2.51. The Morgan fingerprint density at radius 1 is 1.28 bits per heavy atom. The van der Waals surface area contributed by atoms with Crippen molar-refractivity contribution in [1.29, 1.82) is 0 Å². The third-order valence-electron chi connectivity index (χ3n) is 5.57. The van der Waals surface area contributed by atoms with E-state index in [4.69, 9.17) is 4.52 Å². The summed E-state index contributed by atoms with van der Waals surface area (Å²) < 4.78 is 5.33. The number of phenolic OH excluding ortho intramolecular Hbond substituents is 1. The first-order valence-electron chi connectivity index (χ1n) is 8.83. The average Bonchev–Trinajstić information content (AvgIpc) is 3.09. The number of nitrogens with zero attached hydrogens (tertiary/aromatic N) is 2. The normalized spacial score (nSPS) is 27.5. The molecule has 1 N–H and O–H groups in total. The minimum absolute atomic E-state index is 0.0724. The summed E-state index contributed by atoms with van der Waals surface area (Å²) in [5, 5.41) is 13.9. The molecule has 4 rings (SSSR count). The van der Waals surface area contributed by atoms with E-state index in [1.54, 1.807) is 24.3 Å². The summed E-state index contributed by atoms with van der Waals surface area (Å²) >= 11 is 0. The van der Waals surface area contributed by atoms with Gasteiger partial charge in [0.1, 0.15) is 5.75 Å². The predicted molar refractivity (Wildman–Crippen MR) is 94.2 cm³/mol. The van der Waals surface area contributed by atoms with Crippen LogP contribution in [0.5, 0.6) is 5.75 Å². The van der Waals surface area contributed by atoms with Crippen LogP contribution in [0.3, 0.4) is 0 Å². The number of aromatic nitrogens is 1. The lowest BCUT2D eigenvalue weighted by molar-refractivity contribution is 0.0698. The van der Waals surface area contributed by atoms with E-state index in [9.17, 15) is 9.90 Å². The summed E-state index contributed by atoms with van der Waals surface area (Å²) in [6.45, 7) is 7.64. The molecule has 1 aromatic carbocycles. The molecule has 132 valence electrons. The van der Waals surface area contributed by atoms with E-state index in [2.05, 4.69) is 25.9 Å². The Labute approximate surface area is 147 Å². The molecular weight excluding hydrogens is 316 g/mol. The van der Waals surface area contributed by atoms with Gasteiger partial charge in [-0.3, -0.25) is 4.79 Å². The molecule has 5 heteroatoms. The molecule has 0 spiro atoms. The number of hydrogen-bond acceptors (Lipinski definition) is 4. The topological polar surface area (TPSA) is 66.6 Å². The fourth-order valence-electron chi connectivity index (χ4n) is 5.03. The van der Waals surface area contributed by atoms with Gasteiger partial charge >= 0.3 is 0 Å². The molecule has 2 heterocycles. The zero-order valence-electron chi connectivity index (χ0n) is 15.0. The SMILES string of the molecule is CC1(C)C[C@@H]2C[C@@](C)(CN2C(=O)c2cc(-c3ccccc3O)on2)C1. The summed E-state index contributed by atoms with van der Waals surface area (Å²) in [4.78, 5) is 15.0. The number of phenols is 1. The second kappa shape index (κ2) is 5.35. The maximum absolute atomic E-state index is 13.0. The minimum Gasteiger partial charge on any atom is -0.507 e. The second-order valence-electron chi connectivity index (χ2n) is 8.74. The van der Waals surface area contributed by atoms with E-state index in [-0.39, 0.29) is 28.5 Å². The highest BCUT2D eigenvalue weighted by Crippen LogP contribution is 2.52. The molecular formula is C20H24N2O3. The molecule has 2 bridgehead atoms. The van der Waals surface area contributed by atoms with Gasteiger partial charge < -0.3 is 14.5 Å². The number of likely N-dealkylation sites (tertiary alicyclic amines) is 1. The number of fused-ring (bicyclic) bond motifs is 2. The van der Waals surface area contributed by atoms with E-state index in [1.165, 1.54) is 0 Å². The molecule has 2 fully saturated rings. The Bertz CT molecular complexity index is 826. The monoisotopic (exact) mass is 340 g/mol. The smallest absolute Gasteiger partial charge is 0.276 e. The third kappa shape index (κ3) is 2.81. The Hall–Kier alpha value is -2.30. The number of aromatic hydroxyl groups is 1. The lowest BCUT2D eigenvalue weighted by Crippen LogP contribution is -2.37. The van der Waals surface area contributed by atoms with Crippen LogP contribution in [-0.4, -0.2) is 33.7 Å². The maximum Gasteiger partial charge on any atom is 0.276 e. The zero-order valence-corrected chi connectivity index (χ0v) is 15.0. The van der Waals surface area contributed by atoms with Crippen molar-refractivity contribution in [1.82, 2.24) is 10.1 Å². The molecule has 1 aromatic heterocycles. The Morgan fingerprint density at radius 3 is 2.80 bits per heavy atom. The Kier molecular flexibility index (Phi) is 3.46. The van der Waals surface area contributed by atoms with Gasteiger partial charge in [-0.05, 0) is 42.2 Å². The number of hydrogen-bond donors (Lipinski definition) is 1. The molecule has 1 amide bonds. The summed E-state index contributed by atoms with van der Waals surface area (Å²) in [7, 11) is 0. The van der Waals surface area contributed by atoms with Crippen molar-refractivity contribution in [2.45, 2.75) is 46.1 Å². The van der Waals surface area contributed by atoms with Crippen LogP contribution in [0.2, 0.25) is 0 Å². The molecule has 5 nitrogen and oxygen atoms in total. The highest BCUT2D eigenvalue weighted by molar-refractivity contribution is 5.93. The van der Waals surface area contributed by atoms with E-state index in [0.29, 0.717) is 17.0 Å². The van der Waals surface area contributed by atoms with Gasteiger partial charge in [-0.15, -0.1) is 0 Å². The summed E-state index contributed by atoms with van der Waals surface area (Å²) in [6.07, 6.45) is 3.23. The Morgan fingerprint density at radius 2 is 2.04 bits per heavy atom. The van der Waals surface area contributed by atoms with Crippen molar-refractivity contribution < 1.29 is 14.4 Å². The van der Waals surface area contributed by atoms with Gasteiger partial charge in [0.2, 0.25) is 0 Å². The van der Waals surface area contributed by atoms with E-state index in [1.807, 2.05) is 11.0 Å².